The lowest BCUT2D eigenvalue weighted by atomic mass is 10.0. The van der Waals surface area contributed by atoms with Crippen molar-refractivity contribution < 1.29 is 4.42 Å². The molecule has 0 spiro atoms. The van der Waals surface area contributed by atoms with Crippen LogP contribution in [0.5, 0.6) is 0 Å². The van der Waals surface area contributed by atoms with Gasteiger partial charge in [0.15, 0.2) is 0 Å². The highest BCUT2D eigenvalue weighted by Crippen LogP contribution is 2.31. The van der Waals surface area contributed by atoms with Crippen LogP contribution in [-0.4, -0.2) is 18.1 Å². The van der Waals surface area contributed by atoms with Crippen LogP contribution in [0.15, 0.2) is 28.7 Å². The predicted molar refractivity (Wildman–Crippen MR) is 92.1 cm³/mol. The smallest absolute Gasteiger partial charge is 0.134 e. The van der Waals surface area contributed by atoms with Gasteiger partial charge in [0.1, 0.15) is 11.3 Å². The zero-order valence-electron chi connectivity index (χ0n) is 13.0. The molecule has 21 heavy (non-hydrogen) atoms. The SMILES string of the molecule is CCc1c(C(C)NCC2CCSCC2)oc2ccccc12. The van der Waals surface area contributed by atoms with Gasteiger partial charge in [-0.05, 0) is 56.2 Å². The Bertz CT molecular complexity index is 586. The highest BCUT2D eigenvalue weighted by Gasteiger charge is 2.20. The third-order valence-corrected chi connectivity index (χ3v) is 5.58. The molecule has 2 heterocycles. The van der Waals surface area contributed by atoms with Crippen LogP contribution in [0.3, 0.4) is 0 Å². The summed E-state index contributed by atoms with van der Waals surface area (Å²) >= 11 is 2.09. The number of aryl methyl sites for hydroxylation is 1. The highest BCUT2D eigenvalue weighted by molar-refractivity contribution is 7.99. The van der Waals surface area contributed by atoms with E-state index in [1.54, 1.807) is 0 Å². The molecule has 0 radical (unpaired) electrons. The van der Waals surface area contributed by atoms with Crippen LogP contribution >= 0.6 is 11.8 Å². The molecule has 1 unspecified atom stereocenters. The number of fused-ring (bicyclic) bond motifs is 1. The van der Waals surface area contributed by atoms with E-state index < -0.39 is 0 Å². The minimum atomic E-state index is 0.293. The molecule has 2 aromatic rings. The van der Waals surface area contributed by atoms with Crippen LogP contribution in [0.2, 0.25) is 0 Å². The van der Waals surface area contributed by atoms with Crippen LogP contribution in [0.1, 0.15) is 44.1 Å². The first-order valence-electron chi connectivity index (χ1n) is 8.11. The fraction of sp³-hybridized carbons (Fsp3) is 0.556. The van der Waals surface area contributed by atoms with Gasteiger partial charge >= 0.3 is 0 Å². The third kappa shape index (κ3) is 3.29. The Hall–Kier alpha value is -0.930. The first kappa shape index (κ1) is 15.0. The molecule has 3 heteroatoms. The van der Waals surface area contributed by atoms with Gasteiger partial charge in [0.2, 0.25) is 0 Å². The van der Waals surface area contributed by atoms with E-state index in [1.165, 1.54) is 35.3 Å². The van der Waals surface area contributed by atoms with E-state index in [9.17, 15) is 0 Å². The maximum atomic E-state index is 6.13. The highest BCUT2D eigenvalue weighted by atomic mass is 32.2. The van der Waals surface area contributed by atoms with E-state index in [4.69, 9.17) is 4.42 Å². The van der Waals surface area contributed by atoms with Gasteiger partial charge in [-0.25, -0.2) is 0 Å². The topological polar surface area (TPSA) is 25.2 Å². The lowest BCUT2D eigenvalue weighted by molar-refractivity contribution is 0.387. The molecule has 0 amide bonds. The van der Waals surface area contributed by atoms with Gasteiger partial charge in [-0.2, -0.15) is 11.8 Å². The second-order valence-electron chi connectivity index (χ2n) is 5.98. The second-order valence-corrected chi connectivity index (χ2v) is 7.21. The molecule has 3 rings (SSSR count). The predicted octanol–water partition coefficient (Wildman–Crippen LogP) is 4.79. The van der Waals surface area contributed by atoms with Crippen molar-refractivity contribution in [1.29, 1.82) is 0 Å². The van der Waals surface area contributed by atoms with Crippen molar-refractivity contribution in [2.24, 2.45) is 5.92 Å². The first-order chi connectivity index (χ1) is 10.3. The number of benzene rings is 1. The molecule has 2 nitrogen and oxygen atoms in total. The summed E-state index contributed by atoms with van der Waals surface area (Å²) in [5, 5.41) is 4.98. The Morgan fingerprint density at radius 1 is 1.29 bits per heavy atom. The van der Waals surface area contributed by atoms with E-state index in [-0.39, 0.29) is 0 Å². The molecule has 0 aliphatic carbocycles. The number of hydrogen-bond acceptors (Lipinski definition) is 3. The van der Waals surface area contributed by atoms with Crippen molar-refractivity contribution in [1.82, 2.24) is 5.32 Å². The number of thioether (sulfide) groups is 1. The normalized spacial score (nSPS) is 18.2. The maximum absolute atomic E-state index is 6.13. The average molecular weight is 303 g/mol. The zero-order valence-corrected chi connectivity index (χ0v) is 13.8. The van der Waals surface area contributed by atoms with Crippen LogP contribution in [0, 0.1) is 5.92 Å². The van der Waals surface area contributed by atoms with Gasteiger partial charge in [-0.15, -0.1) is 0 Å². The second kappa shape index (κ2) is 6.89. The fourth-order valence-electron chi connectivity index (χ4n) is 3.22. The fourth-order valence-corrected chi connectivity index (χ4v) is 4.42. The molecular weight excluding hydrogens is 278 g/mol. The molecule has 1 aliphatic heterocycles. The molecular formula is C18H25NOS. The van der Waals surface area contributed by atoms with E-state index in [1.807, 2.05) is 6.07 Å². The van der Waals surface area contributed by atoms with E-state index in [2.05, 4.69) is 49.1 Å². The van der Waals surface area contributed by atoms with Crippen molar-refractivity contribution in [2.45, 2.75) is 39.2 Å². The summed E-state index contributed by atoms with van der Waals surface area (Å²) in [7, 11) is 0. The van der Waals surface area contributed by atoms with Crippen LogP contribution < -0.4 is 5.32 Å². The molecule has 114 valence electrons. The molecule has 1 atom stereocenters. The molecule has 0 bridgehead atoms. The summed E-state index contributed by atoms with van der Waals surface area (Å²) in [5.41, 5.74) is 2.39. The Morgan fingerprint density at radius 2 is 2.05 bits per heavy atom. The van der Waals surface area contributed by atoms with Crippen LogP contribution in [0.4, 0.5) is 0 Å². The number of para-hydroxylation sites is 1. The monoisotopic (exact) mass is 303 g/mol. The van der Waals surface area contributed by atoms with E-state index >= 15 is 0 Å². The zero-order chi connectivity index (χ0) is 14.7. The van der Waals surface area contributed by atoms with Gasteiger partial charge in [0.05, 0.1) is 6.04 Å². The lowest BCUT2D eigenvalue weighted by Crippen LogP contribution is -2.28. The minimum absolute atomic E-state index is 0.293. The number of rotatable bonds is 5. The van der Waals surface area contributed by atoms with Crippen molar-refractivity contribution >= 4 is 22.7 Å². The van der Waals surface area contributed by atoms with Gasteiger partial charge in [-0.3, -0.25) is 0 Å². The summed E-state index contributed by atoms with van der Waals surface area (Å²) in [6.45, 7) is 5.56. The summed E-state index contributed by atoms with van der Waals surface area (Å²) < 4.78 is 6.13. The number of hydrogen-bond donors (Lipinski definition) is 1. The van der Waals surface area contributed by atoms with Gasteiger partial charge in [-0.1, -0.05) is 25.1 Å². The number of nitrogens with one attached hydrogen (secondary N) is 1. The maximum Gasteiger partial charge on any atom is 0.134 e. The van der Waals surface area contributed by atoms with E-state index in [0.717, 1.165) is 30.2 Å². The molecule has 1 aromatic heterocycles. The van der Waals surface area contributed by atoms with Gasteiger partial charge < -0.3 is 9.73 Å². The summed E-state index contributed by atoms with van der Waals surface area (Å²) in [6.07, 6.45) is 3.73. The Kier molecular flexibility index (Phi) is 4.91. The lowest BCUT2D eigenvalue weighted by Gasteiger charge is -2.23. The van der Waals surface area contributed by atoms with Gasteiger partial charge in [0, 0.05) is 10.9 Å². The van der Waals surface area contributed by atoms with Crippen LogP contribution in [-0.2, 0) is 6.42 Å². The van der Waals surface area contributed by atoms with Crippen molar-refractivity contribution in [3.63, 3.8) is 0 Å². The largest absolute Gasteiger partial charge is 0.459 e. The Balaban J connectivity index is 1.72. The molecule has 1 N–H and O–H groups in total. The summed E-state index contributed by atoms with van der Waals surface area (Å²) in [4.78, 5) is 0. The minimum Gasteiger partial charge on any atom is -0.459 e. The van der Waals surface area contributed by atoms with Crippen molar-refractivity contribution in [3.8, 4) is 0 Å². The molecule has 1 fully saturated rings. The van der Waals surface area contributed by atoms with E-state index in [0.29, 0.717) is 6.04 Å². The standard InChI is InChI=1S/C18H25NOS/c1-3-15-16-6-4-5-7-17(16)20-18(15)13(2)19-12-14-8-10-21-11-9-14/h4-7,13-14,19H,3,8-12H2,1-2H3. The summed E-state index contributed by atoms with van der Waals surface area (Å²) in [6, 6.07) is 8.68. The summed E-state index contributed by atoms with van der Waals surface area (Å²) in [5.74, 6) is 4.61. The molecule has 1 aliphatic rings. The average Bonchev–Trinajstić information content (AvgIpc) is 2.92. The third-order valence-electron chi connectivity index (χ3n) is 4.53. The van der Waals surface area contributed by atoms with Gasteiger partial charge in [0.25, 0.3) is 0 Å². The molecule has 1 saturated heterocycles. The van der Waals surface area contributed by atoms with Crippen molar-refractivity contribution in [3.05, 3.63) is 35.6 Å². The number of furan rings is 1. The Labute approximate surface area is 131 Å². The molecule has 0 saturated carbocycles. The first-order valence-corrected chi connectivity index (χ1v) is 9.26. The van der Waals surface area contributed by atoms with Crippen LogP contribution in [0.25, 0.3) is 11.0 Å². The Morgan fingerprint density at radius 3 is 2.81 bits per heavy atom. The quantitative estimate of drug-likeness (QED) is 0.860. The van der Waals surface area contributed by atoms with Crippen molar-refractivity contribution in [2.75, 3.05) is 18.1 Å². The molecule has 1 aromatic carbocycles.